The Hall–Kier alpha value is 0.180. The lowest BCUT2D eigenvalue weighted by Gasteiger charge is -2.01. The van der Waals surface area contributed by atoms with Crippen molar-refractivity contribution in [1.29, 1.82) is 0 Å². The van der Waals surface area contributed by atoms with Crippen LogP contribution in [0.3, 0.4) is 0 Å². The van der Waals surface area contributed by atoms with E-state index in [1.165, 1.54) is 4.91 Å². The first-order valence-electron chi connectivity index (χ1n) is 2.30. The predicted molar refractivity (Wildman–Crippen MR) is 41.2 cm³/mol. The Kier molecular flexibility index (Phi) is 3.33. The van der Waals surface area contributed by atoms with Crippen LogP contribution in [-0.2, 0) is 0 Å². The molecular formula is C5H10ClNS. The molecule has 0 aliphatic carbocycles. The molecule has 0 amide bonds. The van der Waals surface area contributed by atoms with E-state index < -0.39 is 0 Å². The third-order valence-electron chi connectivity index (χ3n) is 0.898. The first-order valence-corrected chi connectivity index (χ1v) is 3.29. The Bertz CT molecular complexity index is 103. The second-order valence-electron chi connectivity index (χ2n) is 1.77. The van der Waals surface area contributed by atoms with Crippen LogP contribution in [0.25, 0.3) is 0 Å². The van der Waals surface area contributed by atoms with Crippen molar-refractivity contribution in [2.24, 2.45) is 0 Å². The third-order valence-corrected chi connectivity index (χ3v) is 2.00. The summed E-state index contributed by atoms with van der Waals surface area (Å²) in [6.45, 7) is 2.13. The monoisotopic (exact) mass is 151 g/mol. The van der Waals surface area contributed by atoms with E-state index in [9.17, 15) is 0 Å². The van der Waals surface area contributed by atoms with Gasteiger partial charge in [0, 0.05) is 13.2 Å². The highest BCUT2D eigenvalue weighted by molar-refractivity contribution is 8.03. The molecule has 0 fully saturated rings. The molecule has 8 heavy (non-hydrogen) atoms. The van der Waals surface area contributed by atoms with E-state index in [4.69, 9.17) is 0 Å². The molecule has 1 heterocycles. The van der Waals surface area contributed by atoms with Crippen LogP contribution in [0, 0.1) is 0 Å². The van der Waals surface area contributed by atoms with Crippen molar-refractivity contribution >= 4 is 24.2 Å². The largest absolute Gasteiger partial charge is 0.370 e. The van der Waals surface area contributed by atoms with Gasteiger partial charge in [-0.1, -0.05) is 0 Å². The summed E-state index contributed by atoms with van der Waals surface area (Å²) < 4.78 is 0. The predicted octanol–water partition coefficient (Wildman–Crippen LogP) is 1.91. The minimum atomic E-state index is 0. The SMILES string of the molecule is CC1=CN(C)CS1.Cl. The van der Waals surface area contributed by atoms with Crippen molar-refractivity contribution in [2.75, 3.05) is 12.9 Å². The molecule has 0 bridgehead atoms. The number of allylic oxidation sites excluding steroid dienone is 1. The molecule has 0 atom stereocenters. The van der Waals surface area contributed by atoms with Crippen LogP contribution in [-0.4, -0.2) is 17.8 Å². The Morgan fingerprint density at radius 1 is 1.75 bits per heavy atom. The lowest BCUT2D eigenvalue weighted by molar-refractivity contribution is 0.550. The summed E-state index contributed by atoms with van der Waals surface area (Å²) in [7, 11) is 2.09. The molecule has 1 aliphatic rings. The molecule has 0 aromatic heterocycles. The Balaban J connectivity index is 0.000000490. The lowest BCUT2D eigenvalue weighted by Crippen LogP contribution is -2.02. The van der Waals surface area contributed by atoms with E-state index in [1.54, 1.807) is 0 Å². The fraction of sp³-hybridized carbons (Fsp3) is 0.600. The van der Waals surface area contributed by atoms with E-state index in [-0.39, 0.29) is 12.4 Å². The zero-order chi connectivity index (χ0) is 5.28. The number of hydrogen-bond donors (Lipinski definition) is 0. The minimum Gasteiger partial charge on any atom is -0.370 e. The van der Waals surface area contributed by atoms with Crippen molar-refractivity contribution in [3.8, 4) is 0 Å². The van der Waals surface area contributed by atoms with Crippen molar-refractivity contribution in [2.45, 2.75) is 6.92 Å². The number of nitrogens with zero attached hydrogens (tertiary/aromatic N) is 1. The van der Waals surface area contributed by atoms with Crippen molar-refractivity contribution in [3.05, 3.63) is 11.1 Å². The van der Waals surface area contributed by atoms with Gasteiger partial charge >= 0.3 is 0 Å². The summed E-state index contributed by atoms with van der Waals surface area (Å²) in [5.74, 6) is 1.13. The maximum absolute atomic E-state index is 2.18. The van der Waals surface area contributed by atoms with Gasteiger partial charge in [-0.05, 0) is 11.8 Å². The van der Waals surface area contributed by atoms with E-state index >= 15 is 0 Å². The third kappa shape index (κ3) is 1.97. The van der Waals surface area contributed by atoms with Crippen LogP contribution in [0.15, 0.2) is 11.1 Å². The average molecular weight is 152 g/mol. The van der Waals surface area contributed by atoms with Gasteiger partial charge in [0.1, 0.15) is 0 Å². The number of rotatable bonds is 0. The van der Waals surface area contributed by atoms with Gasteiger partial charge in [-0.2, -0.15) is 0 Å². The normalized spacial score (nSPS) is 17.8. The molecular weight excluding hydrogens is 142 g/mol. The fourth-order valence-electron chi connectivity index (χ4n) is 0.589. The van der Waals surface area contributed by atoms with E-state index in [2.05, 4.69) is 25.1 Å². The summed E-state index contributed by atoms with van der Waals surface area (Å²) >= 11 is 1.89. The molecule has 1 aliphatic heterocycles. The summed E-state index contributed by atoms with van der Waals surface area (Å²) in [6.07, 6.45) is 2.16. The number of hydrogen-bond acceptors (Lipinski definition) is 2. The van der Waals surface area contributed by atoms with Crippen LogP contribution < -0.4 is 0 Å². The maximum Gasteiger partial charge on any atom is 0.0674 e. The average Bonchev–Trinajstić information content (AvgIpc) is 1.87. The molecule has 0 spiro atoms. The smallest absolute Gasteiger partial charge is 0.0674 e. The molecule has 0 unspecified atom stereocenters. The fourth-order valence-corrected chi connectivity index (χ4v) is 1.32. The number of halogens is 1. The minimum absolute atomic E-state index is 0. The van der Waals surface area contributed by atoms with Gasteiger partial charge in [0.2, 0.25) is 0 Å². The summed E-state index contributed by atoms with van der Waals surface area (Å²) in [4.78, 5) is 3.60. The zero-order valence-corrected chi connectivity index (χ0v) is 6.68. The highest BCUT2D eigenvalue weighted by atomic mass is 35.5. The van der Waals surface area contributed by atoms with Crippen LogP contribution in [0.4, 0.5) is 0 Å². The van der Waals surface area contributed by atoms with Crippen LogP contribution in [0.1, 0.15) is 6.92 Å². The first-order chi connectivity index (χ1) is 3.29. The molecule has 3 heteroatoms. The molecule has 0 aromatic rings. The highest BCUT2D eigenvalue weighted by Crippen LogP contribution is 2.22. The Morgan fingerprint density at radius 2 is 2.38 bits per heavy atom. The van der Waals surface area contributed by atoms with E-state index in [1.807, 2.05) is 11.8 Å². The zero-order valence-electron chi connectivity index (χ0n) is 5.05. The van der Waals surface area contributed by atoms with E-state index in [0.717, 1.165) is 5.88 Å². The molecule has 0 saturated heterocycles. The topological polar surface area (TPSA) is 3.24 Å². The summed E-state index contributed by atoms with van der Waals surface area (Å²) in [5, 5.41) is 0. The summed E-state index contributed by atoms with van der Waals surface area (Å²) in [5.41, 5.74) is 0. The lowest BCUT2D eigenvalue weighted by atomic mass is 10.7. The van der Waals surface area contributed by atoms with Gasteiger partial charge in [-0.15, -0.1) is 24.2 Å². The maximum atomic E-state index is 2.18. The second-order valence-corrected chi connectivity index (χ2v) is 2.96. The van der Waals surface area contributed by atoms with Gasteiger partial charge in [0.05, 0.1) is 5.88 Å². The van der Waals surface area contributed by atoms with E-state index in [0.29, 0.717) is 0 Å². The van der Waals surface area contributed by atoms with Crippen LogP contribution in [0.2, 0.25) is 0 Å². The molecule has 0 aromatic carbocycles. The molecule has 0 N–H and O–H groups in total. The van der Waals surface area contributed by atoms with Gasteiger partial charge in [0.25, 0.3) is 0 Å². The molecule has 0 saturated carbocycles. The Morgan fingerprint density at radius 3 is 2.50 bits per heavy atom. The molecule has 48 valence electrons. The van der Waals surface area contributed by atoms with Crippen molar-refractivity contribution in [1.82, 2.24) is 4.90 Å². The van der Waals surface area contributed by atoms with Crippen LogP contribution in [0.5, 0.6) is 0 Å². The molecule has 0 radical (unpaired) electrons. The van der Waals surface area contributed by atoms with Gasteiger partial charge < -0.3 is 4.90 Å². The second kappa shape index (κ2) is 3.25. The van der Waals surface area contributed by atoms with Gasteiger partial charge in [-0.3, -0.25) is 0 Å². The van der Waals surface area contributed by atoms with Gasteiger partial charge in [0.15, 0.2) is 0 Å². The van der Waals surface area contributed by atoms with Crippen molar-refractivity contribution in [3.63, 3.8) is 0 Å². The quantitative estimate of drug-likeness (QED) is 0.521. The Labute approximate surface area is 60.5 Å². The van der Waals surface area contributed by atoms with Gasteiger partial charge in [-0.25, -0.2) is 0 Å². The van der Waals surface area contributed by atoms with Crippen molar-refractivity contribution < 1.29 is 0 Å². The molecule has 1 rings (SSSR count). The molecule has 1 nitrogen and oxygen atoms in total. The number of thioether (sulfide) groups is 1. The standard InChI is InChI=1S/C5H9NS.ClH/c1-5-3-6(2)4-7-5;/h3H,4H2,1-2H3;1H. The highest BCUT2D eigenvalue weighted by Gasteiger charge is 2.01. The van der Waals surface area contributed by atoms with Crippen LogP contribution >= 0.6 is 24.2 Å². The first kappa shape index (κ1) is 8.18. The summed E-state index contributed by atoms with van der Waals surface area (Å²) in [6, 6.07) is 0.